The van der Waals surface area contributed by atoms with E-state index in [1.807, 2.05) is 17.9 Å². The number of aryl methyl sites for hydroxylation is 1. The standard InChI is InChI=1S/C22H25FN4O/c1-15(2)20-14-26(22-18(12-24)7-4-16(3)25-22)11-10-21(28)27(20)13-17-5-8-19(23)9-6-17/h4-9,15,20H,10-11,13-14H2,1-3H3/t20-/m0/s1. The second-order valence-corrected chi connectivity index (χ2v) is 7.59. The van der Waals surface area contributed by atoms with E-state index in [4.69, 9.17) is 0 Å². The van der Waals surface area contributed by atoms with E-state index in [9.17, 15) is 14.4 Å². The number of hydrogen-bond donors (Lipinski definition) is 0. The van der Waals surface area contributed by atoms with Crippen molar-refractivity contribution in [2.75, 3.05) is 18.0 Å². The van der Waals surface area contributed by atoms with Crippen molar-refractivity contribution in [3.63, 3.8) is 0 Å². The van der Waals surface area contributed by atoms with E-state index in [1.165, 1.54) is 12.1 Å². The minimum Gasteiger partial charge on any atom is -0.353 e. The first-order valence-corrected chi connectivity index (χ1v) is 9.55. The number of carbonyl (C=O) groups excluding carboxylic acids is 1. The number of nitriles is 1. The molecule has 3 rings (SSSR count). The minimum atomic E-state index is -0.285. The lowest BCUT2D eigenvalue weighted by Gasteiger charge is -2.35. The summed E-state index contributed by atoms with van der Waals surface area (Å²) >= 11 is 0. The summed E-state index contributed by atoms with van der Waals surface area (Å²) in [4.78, 5) is 21.5. The number of nitrogens with zero attached hydrogens (tertiary/aromatic N) is 4. The predicted octanol–water partition coefficient (Wildman–Crippen LogP) is 3.66. The van der Waals surface area contributed by atoms with Crippen molar-refractivity contribution in [1.29, 1.82) is 5.26 Å². The van der Waals surface area contributed by atoms with Gasteiger partial charge in [0.15, 0.2) is 0 Å². The number of carbonyl (C=O) groups is 1. The van der Waals surface area contributed by atoms with E-state index in [0.29, 0.717) is 37.4 Å². The zero-order valence-corrected chi connectivity index (χ0v) is 16.5. The topological polar surface area (TPSA) is 60.2 Å². The number of pyridine rings is 1. The van der Waals surface area contributed by atoms with Gasteiger partial charge in [0, 0.05) is 31.7 Å². The maximum absolute atomic E-state index is 13.2. The third-order valence-electron chi connectivity index (χ3n) is 5.19. The van der Waals surface area contributed by atoms with Crippen molar-refractivity contribution in [3.05, 3.63) is 59.0 Å². The van der Waals surface area contributed by atoms with Crippen molar-refractivity contribution in [2.24, 2.45) is 5.92 Å². The second-order valence-electron chi connectivity index (χ2n) is 7.59. The Labute approximate surface area is 165 Å². The first-order chi connectivity index (χ1) is 13.4. The third kappa shape index (κ3) is 4.30. The molecule has 2 heterocycles. The van der Waals surface area contributed by atoms with Crippen LogP contribution in [-0.2, 0) is 11.3 Å². The molecule has 1 aromatic heterocycles. The van der Waals surface area contributed by atoms with Gasteiger partial charge in [-0.05, 0) is 42.7 Å². The van der Waals surface area contributed by atoms with Crippen LogP contribution in [0.2, 0.25) is 0 Å². The highest BCUT2D eigenvalue weighted by Gasteiger charge is 2.33. The molecule has 0 bridgehead atoms. The molecule has 1 aliphatic rings. The Morgan fingerprint density at radius 2 is 1.96 bits per heavy atom. The normalized spacial score (nSPS) is 17.6. The molecule has 1 amide bonds. The molecule has 0 radical (unpaired) electrons. The van der Waals surface area contributed by atoms with Crippen LogP contribution in [0.1, 0.15) is 37.1 Å². The molecule has 146 valence electrons. The Morgan fingerprint density at radius 3 is 2.61 bits per heavy atom. The van der Waals surface area contributed by atoms with E-state index in [2.05, 4.69) is 29.8 Å². The van der Waals surface area contributed by atoms with Gasteiger partial charge < -0.3 is 9.80 Å². The number of hydrogen-bond acceptors (Lipinski definition) is 4. The van der Waals surface area contributed by atoms with Crippen LogP contribution in [0.5, 0.6) is 0 Å². The van der Waals surface area contributed by atoms with Crippen molar-refractivity contribution in [2.45, 2.75) is 39.8 Å². The summed E-state index contributed by atoms with van der Waals surface area (Å²) in [5.74, 6) is 0.647. The molecule has 0 N–H and O–H groups in total. The van der Waals surface area contributed by atoms with Crippen LogP contribution in [0.3, 0.4) is 0 Å². The van der Waals surface area contributed by atoms with Gasteiger partial charge in [-0.2, -0.15) is 5.26 Å². The van der Waals surface area contributed by atoms with Gasteiger partial charge in [0.25, 0.3) is 0 Å². The van der Waals surface area contributed by atoms with Crippen molar-refractivity contribution >= 4 is 11.7 Å². The molecule has 5 nitrogen and oxygen atoms in total. The average Bonchev–Trinajstić information content (AvgIpc) is 2.83. The highest BCUT2D eigenvalue weighted by molar-refractivity contribution is 5.78. The van der Waals surface area contributed by atoms with Gasteiger partial charge in [0.05, 0.1) is 11.6 Å². The van der Waals surface area contributed by atoms with Crippen LogP contribution in [0.15, 0.2) is 36.4 Å². The quantitative estimate of drug-likeness (QED) is 0.812. The van der Waals surface area contributed by atoms with Crippen LogP contribution >= 0.6 is 0 Å². The van der Waals surface area contributed by atoms with Crippen molar-refractivity contribution < 1.29 is 9.18 Å². The monoisotopic (exact) mass is 380 g/mol. The summed E-state index contributed by atoms with van der Waals surface area (Å²) < 4.78 is 13.2. The first kappa shape index (κ1) is 19.8. The molecule has 0 aliphatic carbocycles. The Hall–Kier alpha value is -2.94. The van der Waals surface area contributed by atoms with Crippen LogP contribution in [-0.4, -0.2) is 34.9 Å². The highest BCUT2D eigenvalue weighted by atomic mass is 19.1. The summed E-state index contributed by atoms with van der Waals surface area (Å²) in [5.41, 5.74) is 2.27. The number of rotatable bonds is 4. The smallest absolute Gasteiger partial charge is 0.224 e. The Kier molecular flexibility index (Phi) is 5.93. The zero-order chi connectivity index (χ0) is 20.3. The SMILES string of the molecule is Cc1ccc(C#N)c(N2CCC(=O)N(Cc3ccc(F)cc3)[C@H](C(C)C)C2)n1. The van der Waals surface area contributed by atoms with Crippen molar-refractivity contribution in [3.8, 4) is 6.07 Å². The molecule has 0 unspecified atom stereocenters. The van der Waals surface area contributed by atoms with E-state index in [1.54, 1.807) is 18.2 Å². The van der Waals surface area contributed by atoms with Gasteiger partial charge in [0.1, 0.15) is 17.7 Å². The fourth-order valence-corrected chi connectivity index (χ4v) is 3.60. The lowest BCUT2D eigenvalue weighted by Crippen LogP contribution is -2.46. The number of benzene rings is 1. The fraction of sp³-hybridized carbons (Fsp3) is 0.409. The Bertz CT molecular complexity index is 888. The average molecular weight is 380 g/mol. The third-order valence-corrected chi connectivity index (χ3v) is 5.19. The molecule has 6 heteroatoms. The number of anilines is 1. The van der Waals surface area contributed by atoms with Gasteiger partial charge in [-0.1, -0.05) is 26.0 Å². The molecule has 28 heavy (non-hydrogen) atoms. The maximum Gasteiger partial charge on any atom is 0.224 e. The van der Waals surface area contributed by atoms with E-state index >= 15 is 0 Å². The number of amides is 1. The van der Waals surface area contributed by atoms with Gasteiger partial charge in [-0.25, -0.2) is 9.37 Å². The molecule has 1 atom stereocenters. The van der Waals surface area contributed by atoms with E-state index < -0.39 is 0 Å². The van der Waals surface area contributed by atoms with Crippen LogP contribution in [0.25, 0.3) is 0 Å². The molecule has 1 fully saturated rings. The van der Waals surface area contributed by atoms with Gasteiger partial charge >= 0.3 is 0 Å². The predicted molar refractivity (Wildman–Crippen MR) is 106 cm³/mol. The highest BCUT2D eigenvalue weighted by Crippen LogP contribution is 2.26. The van der Waals surface area contributed by atoms with Crippen LogP contribution in [0.4, 0.5) is 10.2 Å². The van der Waals surface area contributed by atoms with E-state index in [0.717, 1.165) is 11.3 Å². The summed E-state index contributed by atoms with van der Waals surface area (Å²) in [5, 5.41) is 9.48. The number of aromatic nitrogens is 1. The summed E-state index contributed by atoms with van der Waals surface area (Å²) in [6.07, 6.45) is 0.352. The molecular weight excluding hydrogens is 355 g/mol. The number of halogens is 1. The summed E-state index contributed by atoms with van der Waals surface area (Å²) in [6, 6.07) is 12.1. The van der Waals surface area contributed by atoms with Crippen LogP contribution < -0.4 is 4.90 Å². The molecule has 1 aromatic carbocycles. The second kappa shape index (κ2) is 8.39. The lowest BCUT2D eigenvalue weighted by atomic mass is 10.0. The van der Waals surface area contributed by atoms with Gasteiger partial charge in [-0.3, -0.25) is 4.79 Å². The van der Waals surface area contributed by atoms with Gasteiger partial charge in [0.2, 0.25) is 5.91 Å². The summed E-state index contributed by atoms with van der Waals surface area (Å²) in [6.45, 7) is 7.65. The molecule has 2 aromatic rings. The largest absolute Gasteiger partial charge is 0.353 e. The molecule has 1 aliphatic heterocycles. The zero-order valence-electron chi connectivity index (χ0n) is 16.5. The Balaban J connectivity index is 1.91. The molecule has 0 saturated carbocycles. The van der Waals surface area contributed by atoms with Gasteiger partial charge in [-0.15, -0.1) is 0 Å². The van der Waals surface area contributed by atoms with Crippen molar-refractivity contribution in [1.82, 2.24) is 9.88 Å². The van der Waals surface area contributed by atoms with Crippen LogP contribution in [0, 0.1) is 30.0 Å². The molecule has 1 saturated heterocycles. The minimum absolute atomic E-state index is 0.0334. The lowest BCUT2D eigenvalue weighted by molar-refractivity contribution is -0.134. The van der Waals surface area contributed by atoms with E-state index in [-0.39, 0.29) is 23.7 Å². The maximum atomic E-state index is 13.2. The first-order valence-electron chi connectivity index (χ1n) is 9.55. The Morgan fingerprint density at radius 1 is 1.25 bits per heavy atom. The molecular formula is C22H25FN4O. The fourth-order valence-electron chi connectivity index (χ4n) is 3.60. The molecule has 0 spiro atoms. The summed E-state index contributed by atoms with van der Waals surface area (Å²) in [7, 11) is 0.